The number of benzene rings is 2. The van der Waals surface area contributed by atoms with Gasteiger partial charge < -0.3 is 9.64 Å². The molecule has 0 radical (unpaired) electrons. The highest BCUT2D eigenvalue weighted by Crippen LogP contribution is 2.30. The lowest BCUT2D eigenvalue weighted by atomic mass is 10.1. The van der Waals surface area contributed by atoms with E-state index < -0.39 is 0 Å². The average molecular weight is 417 g/mol. The second kappa shape index (κ2) is 8.49. The number of rotatable bonds is 5. The molecule has 0 atom stereocenters. The summed E-state index contributed by atoms with van der Waals surface area (Å²) in [6.45, 7) is 1.37. The van der Waals surface area contributed by atoms with Crippen LogP contribution in [0.4, 0.5) is 4.39 Å². The fraction of sp³-hybridized carbons (Fsp3) is 0.333. The van der Waals surface area contributed by atoms with Crippen LogP contribution in [0.3, 0.4) is 0 Å². The van der Waals surface area contributed by atoms with E-state index in [0.717, 1.165) is 28.6 Å². The van der Waals surface area contributed by atoms with Crippen LogP contribution >= 0.6 is 23.1 Å². The first kappa shape index (κ1) is 19.2. The van der Waals surface area contributed by atoms with E-state index >= 15 is 0 Å². The van der Waals surface area contributed by atoms with Gasteiger partial charge in [-0.05, 0) is 42.2 Å². The second-order valence-corrected chi connectivity index (χ2v) is 8.69. The predicted molar refractivity (Wildman–Crippen MR) is 112 cm³/mol. The number of hydrogen-bond donors (Lipinski definition) is 0. The number of likely N-dealkylation sites (tertiary alicyclic amines) is 1. The number of thiazole rings is 1. The Morgan fingerprint density at radius 1 is 1.25 bits per heavy atom. The van der Waals surface area contributed by atoms with Gasteiger partial charge in [0.2, 0.25) is 5.91 Å². The number of thioether (sulfide) groups is 1. The highest BCUT2D eigenvalue weighted by molar-refractivity contribution is 7.98. The Labute approximate surface area is 171 Å². The Morgan fingerprint density at radius 2 is 2.00 bits per heavy atom. The quantitative estimate of drug-likeness (QED) is 0.562. The summed E-state index contributed by atoms with van der Waals surface area (Å²) < 4.78 is 20.1. The Balaban J connectivity index is 1.30. The number of fused-ring (bicyclic) bond motifs is 1. The lowest BCUT2D eigenvalue weighted by molar-refractivity contribution is -0.132. The van der Waals surface area contributed by atoms with Crippen molar-refractivity contribution < 1.29 is 13.9 Å². The molecule has 146 valence electrons. The van der Waals surface area contributed by atoms with Crippen molar-refractivity contribution in [2.75, 3.05) is 19.3 Å². The van der Waals surface area contributed by atoms with Gasteiger partial charge in [0.25, 0.3) is 5.19 Å². The smallest absolute Gasteiger partial charge is 0.274 e. The Bertz CT molecular complexity index is 966. The molecule has 0 unspecified atom stereocenters. The second-order valence-electron chi connectivity index (χ2n) is 6.81. The lowest BCUT2D eigenvalue weighted by Crippen LogP contribution is -2.42. The van der Waals surface area contributed by atoms with E-state index in [-0.39, 0.29) is 17.8 Å². The molecule has 3 aromatic rings. The van der Waals surface area contributed by atoms with Crippen molar-refractivity contribution in [1.82, 2.24) is 9.88 Å². The van der Waals surface area contributed by atoms with Gasteiger partial charge in [-0.1, -0.05) is 23.5 Å². The van der Waals surface area contributed by atoms with Crippen LogP contribution in [0, 0.1) is 5.82 Å². The van der Waals surface area contributed by atoms with E-state index in [1.807, 2.05) is 23.3 Å². The van der Waals surface area contributed by atoms with Gasteiger partial charge in [0.1, 0.15) is 11.9 Å². The van der Waals surface area contributed by atoms with Gasteiger partial charge in [-0.3, -0.25) is 4.79 Å². The first-order chi connectivity index (χ1) is 13.6. The molecule has 1 fully saturated rings. The molecule has 0 aliphatic carbocycles. The maximum absolute atomic E-state index is 13.3. The SMILES string of the molecule is CSc1ccc(CC(=O)N2CCC(Oc3nc4ccc(F)cc4s3)CC2)cc1. The van der Waals surface area contributed by atoms with E-state index in [4.69, 9.17) is 4.74 Å². The van der Waals surface area contributed by atoms with Crippen LogP contribution < -0.4 is 4.74 Å². The maximum atomic E-state index is 13.3. The number of nitrogens with zero attached hydrogens (tertiary/aromatic N) is 2. The third-order valence-electron chi connectivity index (χ3n) is 4.91. The van der Waals surface area contributed by atoms with Crippen LogP contribution in [0.15, 0.2) is 47.4 Å². The van der Waals surface area contributed by atoms with Gasteiger partial charge in [0, 0.05) is 30.8 Å². The van der Waals surface area contributed by atoms with Gasteiger partial charge in [-0.2, -0.15) is 0 Å². The zero-order valence-corrected chi connectivity index (χ0v) is 17.2. The molecule has 0 saturated carbocycles. The van der Waals surface area contributed by atoms with Gasteiger partial charge in [-0.15, -0.1) is 11.8 Å². The summed E-state index contributed by atoms with van der Waals surface area (Å²) in [4.78, 5) is 20.1. The van der Waals surface area contributed by atoms with Gasteiger partial charge in [0.15, 0.2) is 0 Å². The Kier molecular flexibility index (Phi) is 5.82. The van der Waals surface area contributed by atoms with E-state index in [1.165, 1.54) is 28.4 Å². The molecule has 0 N–H and O–H groups in total. The highest BCUT2D eigenvalue weighted by Gasteiger charge is 2.24. The van der Waals surface area contributed by atoms with Crippen LogP contribution in [0.25, 0.3) is 10.2 Å². The van der Waals surface area contributed by atoms with Crippen LogP contribution in [0.1, 0.15) is 18.4 Å². The number of carbonyl (C=O) groups is 1. The minimum atomic E-state index is -0.266. The molecule has 2 aromatic carbocycles. The first-order valence-electron chi connectivity index (χ1n) is 9.24. The molecule has 2 heterocycles. The molecule has 4 rings (SSSR count). The summed E-state index contributed by atoms with van der Waals surface area (Å²) in [5.41, 5.74) is 1.80. The number of hydrogen-bond acceptors (Lipinski definition) is 5. The molecule has 1 saturated heterocycles. The number of piperidine rings is 1. The predicted octanol–water partition coefficient (Wildman–Crippen LogP) is 4.77. The summed E-state index contributed by atoms with van der Waals surface area (Å²) in [6, 6.07) is 12.7. The van der Waals surface area contributed by atoms with E-state index in [9.17, 15) is 9.18 Å². The summed E-state index contributed by atoms with van der Waals surface area (Å²) in [6.07, 6.45) is 4.07. The standard InChI is InChI=1S/C21H21FN2O2S2/c1-27-17-5-2-14(3-6-17)12-20(25)24-10-8-16(9-11-24)26-21-23-18-7-4-15(22)13-19(18)28-21/h2-7,13,16H,8-12H2,1H3. The number of amides is 1. The van der Waals surface area contributed by atoms with Gasteiger partial charge in [-0.25, -0.2) is 9.37 Å². The molecule has 0 bridgehead atoms. The fourth-order valence-electron chi connectivity index (χ4n) is 3.32. The topological polar surface area (TPSA) is 42.4 Å². The van der Waals surface area contributed by atoms with Crippen molar-refractivity contribution >= 4 is 39.2 Å². The minimum Gasteiger partial charge on any atom is -0.467 e. The summed E-state index contributed by atoms with van der Waals surface area (Å²) in [5.74, 6) is -0.108. The van der Waals surface area contributed by atoms with E-state index in [1.54, 1.807) is 17.8 Å². The van der Waals surface area contributed by atoms with Crippen molar-refractivity contribution in [3.63, 3.8) is 0 Å². The van der Waals surface area contributed by atoms with Crippen LogP contribution in [0.5, 0.6) is 5.19 Å². The lowest BCUT2D eigenvalue weighted by Gasteiger charge is -2.31. The molecule has 1 aliphatic rings. The molecular weight excluding hydrogens is 395 g/mol. The molecule has 4 nitrogen and oxygen atoms in total. The number of carbonyl (C=O) groups excluding carboxylic acids is 1. The van der Waals surface area contributed by atoms with Crippen LogP contribution in [-0.2, 0) is 11.2 Å². The van der Waals surface area contributed by atoms with Crippen molar-refractivity contribution in [1.29, 1.82) is 0 Å². The highest BCUT2D eigenvalue weighted by atomic mass is 32.2. The Morgan fingerprint density at radius 3 is 2.71 bits per heavy atom. The molecule has 7 heteroatoms. The molecule has 1 aromatic heterocycles. The normalized spacial score (nSPS) is 15.1. The molecular formula is C21H21FN2O2S2. The largest absolute Gasteiger partial charge is 0.467 e. The van der Waals surface area contributed by atoms with Crippen molar-refractivity contribution in [2.24, 2.45) is 0 Å². The monoisotopic (exact) mass is 416 g/mol. The molecule has 1 aliphatic heterocycles. The van der Waals surface area contributed by atoms with Gasteiger partial charge in [0.05, 0.1) is 16.6 Å². The number of halogens is 1. The van der Waals surface area contributed by atoms with Crippen molar-refractivity contribution in [3.8, 4) is 5.19 Å². The summed E-state index contributed by atoms with van der Waals surface area (Å²) in [5, 5.41) is 0.569. The molecule has 28 heavy (non-hydrogen) atoms. The van der Waals surface area contributed by atoms with Gasteiger partial charge >= 0.3 is 0 Å². The van der Waals surface area contributed by atoms with E-state index in [2.05, 4.69) is 17.1 Å². The zero-order valence-electron chi connectivity index (χ0n) is 15.6. The number of aromatic nitrogens is 1. The Hall–Kier alpha value is -2.12. The maximum Gasteiger partial charge on any atom is 0.274 e. The molecule has 0 spiro atoms. The first-order valence-corrected chi connectivity index (χ1v) is 11.3. The average Bonchev–Trinajstić information content (AvgIpc) is 3.10. The van der Waals surface area contributed by atoms with Crippen molar-refractivity contribution in [2.45, 2.75) is 30.3 Å². The third kappa shape index (κ3) is 4.47. The van der Waals surface area contributed by atoms with Crippen molar-refractivity contribution in [3.05, 3.63) is 53.8 Å². The third-order valence-corrected chi connectivity index (χ3v) is 6.56. The molecule has 1 amide bonds. The van der Waals surface area contributed by atoms with Crippen LogP contribution in [0.2, 0.25) is 0 Å². The number of ether oxygens (including phenoxy) is 1. The van der Waals surface area contributed by atoms with E-state index in [0.29, 0.717) is 24.7 Å². The fourth-order valence-corrected chi connectivity index (χ4v) is 4.64. The zero-order chi connectivity index (χ0) is 19.5. The summed E-state index contributed by atoms with van der Waals surface area (Å²) in [7, 11) is 0. The summed E-state index contributed by atoms with van der Waals surface area (Å²) >= 11 is 3.06. The van der Waals surface area contributed by atoms with Crippen LogP contribution in [-0.4, -0.2) is 41.2 Å². The minimum absolute atomic E-state index is 0.0373.